The van der Waals surface area contributed by atoms with Gasteiger partial charge in [0.25, 0.3) is 10.0 Å². The van der Waals surface area contributed by atoms with Crippen LogP contribution in [-0.4, -0.2) is 8.42 Å². The van der Waals surface area contributed by atoms with Crippen molar-refractivity contribution in [3.63, 3.8) is 0 Å². The van der Waals surface area contributed by atoms with E-state index in [0.29, 0.717) is 5.56 Å². The molecule has 6 heteroatoms. The first-order valence-electron chi connectivity index (χ1n) is 6.14. The minimum Gasteiger partial charge on any atom is -0.278 e. The highest BCUT2D eigenvalue weighted by Gasteiger charge is 2.19. The zero-order valence-corrected chi connectivity index (χ0v) is 12.3. The number of hydrogen-bond acceptors (Lipinski definition) is 3. The van der Waals surface area contributed by atoms with Crippen LogP contribution in [0.4, 0.5) is 10.1 Å². The lowest BCUT2D eigenvalue weighted by Crippen LogP contribution is -2.15. The van der Waals surface area contributed by atoms with E-state index in [1.54, 1.807) is 25.1 Å². The normalized spacial score (nSPS) is 11.0. The minimum absolute atomic E-state index is 0.0718. The molecule has 21 heavy (non-hydrogen) atoms. The largest absolute Gasteiger partial charge is 0.278 e. The first-order chi connectivity index (χ1) is 9.85. The highest BCUT2D eigenvalue weighted by Crippen LogP contribution is 2.23. The average molecular weight is 304 g/mol. The van der Waals surface area contributed by atoms with Gasteiger partial charge in [0.15, 0.2) is 0 Å². The molecule has 0 heterocycles. The summed E-state index contributed by atoms with van der Waals surface area (Å²) in [5.41, 5.74) is 1.12. The van der Waals surface area contributed by atoms with Gasteiger partial charge in [-0.25, -0.2) is 12.8 Å². The van der Waals surface area contributed by atoms with E-state index in [9.17, 15) is 12.8 Å². The third-order valence-electron chi connectivity index (χ3n) is 2.99. The smallest absolute Gasteiger partial charge is 0.262 e. The van der Waals surface area contributed by atoms with Gasteiger partial charge in [0.05, 0.1) is 10.6 Å². The molecule has 0 aliphatic carbocycles. The van der Waals surface area contributed by atoms with E-state index in [1.807, 2.05) is 6.92 Å². The van der Waals surface area contributed by atoms with Crippen LogP contribution in [-0.2, 0) is 10.0 Å². The van der Waals surface area contributed by atoms with Crippen molar-refractivity contribution in [2.24, 2.45) is 0 Å². The second kappa shape index (κ2) is 5.54. The Morgan fingerprint density at radius 1 is 1.19 bits per heavy atom. The summed E-state index contributed by atoms with van der Waals surface area (Å²) in [5.74, 6) is -0.765. The molecule has 108 valence electrons. The fraction of sp³-hybridized carbons (Fsp3) is 0.133. The molecule has 0 bridgehead atoms. The van der Waals surface area contributed by atoms with Crippen LogP contribution < -0.4 is 4.72 Å². The van der Waals surface area contributed by atoms with Crippen LogP contribution in [0.25, 0.3) is 0 Å². The van der Waals surface area contributed by atoms with Gasteiger partial charge in [-0.2, -0.15) is 5.26 Å². The predicted octanol–water partition coefficient (Wildman–Crippen LogP) is 3.12. The minimum atomic E-state index is -3.88. The Morgan fingerprint density at radius 2 is 1.90 bits per heavy atom. The molecule has 0 unspecified atom stereocenters. The third kappa shape index (κ3) is 3.03. The zero-order chi connectivity index (χ0) is 15.6. The molecule has 0 atom stereocenters. The highest BCUT2D eigenvalue weighted by molar-refractivity contribution is 7.92. The molecule has 0 saturated heterocycles. The molecular weight excluding hydrogens is 291 g/mol. The Hall–Kier alpha value is -2.39. The summed E-state index contributed by atoms with van der Waals surface area (Å²) >= 11 is 0. The summed E-state index contributed by atoms with van der Waals surface area (Å²) in [6.45, 7) is 3.54. The molecule has 4 nitrogen and oxygen atoms in total. The van der Waals surface area contributed by atoms with Crippen LogP contribution in [0.15, 0.2) is 41.3 Å². The van der Waals surface area contributed by atoms with Crippen molar-refractivity contribution >= 4 is 15.7 Å². The topological polar surface area (TPSA) is 70.0 Å². The van der Waals surface area contributed by atoms with Crippen LogP contribution in [0.5, 0.6) is 0 Å². The fourth-order valence-corrected chi connectivity index (χ4v) is 3.32. The summed E-state index contributed by atoms with van der Waals surface area (Å²) in [4.78, 5) is 0.0984. The van der Waals surface area contributed by atoms with Gasteiger partial charge in [0.1, 0.15) is 17.4 Å². The van der Waals surface area contributed by atoms with E-state index in [2.05, 4.69) is 4.72 Å². The number of nitrogens with zero attached hydrogens (tertiary/aromatic N) is 1. The number of halogens is 1. The molecule has 2 aromatic rings. The van der Waals surface area contributed by atoms with Crippen molar-refractivity contribution in [1.29, 1.82) is 5.26 Å². The Labute approximate surface area is 122 Å². The summed E-state index contributed by atoms with van der Waals surface area (Å²) < 4.78 is 40.5. The summed E-state index contributed by atoms with van der Waals surface area (Å²) in [5, 5.41) is 8.93. The number of anilines is 1. The van der Waals surface area contributed by atoms with Crippen LogP contribution in [0, 0.1) is 31.0 Å². The van der Waals surface area contributed by atoms with Crippen LogP contribution >= 0.6 is 0 Å². The van der Waals surface area contributed by atoms with Crippen molar-refractivity contribution in [1.82, 2.24) is 0 Å². The Bertz CT molecular complexity index is 839. The second-order valence-electron chi connectivity index (χ2n) is 4.65. The number of benzene rings is 2. The molecular formula is C15H13FN2O2S. The quantitative estimate of drug-likeness (QED) is 0.947. The molecule has 0 aromatic heterocycles. The van der Waals surface area contributed by atoms with E-state index in [-0.39, 0.29) is 16.1 Å². The molecule has 0 aliphatic rings. The summed E-state index contributed by atoms with van der Waals surface area (Å²) in [7, 11) is -3.88. The van der Waals surface area contributed by atoms with Crippen LogP contribution in [0.1, 0.15) is 16.7 Å². The molecule has 0 amide bonds. The lowest BCUT2D eigenvalue weighted by Gasteiger charge is -2.12. The monoisotopic (exact) mass is 304 g/mol. The fourth-order valence-electron chi connectivity index (χ4n) is 2.02. The zero-order valence-electron chi connectivity index (χ0n) is 11.5. The predicted molar refractivity (Wildman–Crippen MR) is 77.8 cm³/mol. The van der Waals surface area contributed by atoms with Gasteiger partial charge in [0.2, 0.25) is 0 Å². The van der Waals surface area contributed by atoms with Gasteiger partial charge in [0, 0.05) is 0 Å². The highest BCUT2D eigenvalue weighted by atomic mass is 32.2. The molecule has 2 aromatic carbocycles. The van der Waals surface area contributed by atoms with Crippen molar-refractivity contribution in [2.75, 3.05) is 4.72 Å². The molecule has 1 N–H and O–H groups in total. The van der Waals surface area contributed by atoms with Gasteiger partial charge in [-0.05, 0) is 37.6 Å². The third-order valence-corrected chi connectivity index (χ3v) is 4.52. The number of sulfonamides is 1. The van der Waals surface area contributed by atoms with Gasteiger partial charge in [-0.1, -0.05) is 23.8 Å². The van der Waals surface area contributed by atoms with Crippen molar-refractivity contribution in [3.05, 3.63) is 58.9 Å². The van der Waals surface area contributed by atoms with Gasteiger partial charge in [-0.3, -0.25) is 4.72 Å². The maximum atomic E-state index is 13.5. The van der Waals surface area contributed by atoms with E-state index in [1.165, 1.54) is 18.2 Å². The number of hydrogen-bond donors (Lipinski definition) is 1. The number of aryl methyl sites for hydroxylation is 2. The molecule has 0 radical (unpaired) electrons. The molecule has 0 aliphatic heterocycles. The van der Waals surface area contributed by atoms with Crippen molar-refractivity contribution < 1.29 is 12.8 Å². The Balaban J connectivity index is 2.48. The van der Waals surface area contributed by atoms with Gasteiger partial charge >= 0.3 is 0 Å². The molecule has 0 fully saturated rings. The number of rotatable bonds is 3. The lowest BCUT2D eigenvalue weighted by molar-refractivity contribution is 0.600. The Kier molecular flexibility index (Phi) is 3.96. The maximum Gasteiger partial charge on any atom is 0.262 e. The number of nitrogens with one attached hydrogen (secondary N) is 1. The molecule has 2 rings (SSSR count). The van der Waals surface area contributed by atoms with Crippen LogP contribution in [0.2, 0.25) is 0 Å². The average Bonchev–Trinajstić information content (AvgIpc) is 2.38. The van der Waals surface area contributed by atoms with E-state index in [0.717, 1.165) is 11.6 Å². The van der Waals surface area contributed by atoms with E-state index in [4.69, 9.17) is 5.26 Å². The van der Waals surface area contributed by atoms with Crippen molar-refractivity contribution in [3.8, 4) is 6.07 Å². The number of nitriles is 1. The summed E-state index contributed by atoms with van der Waals surface area (Å²) in [6, 6.07) is 10.4. The molecule has 0 saturated carbocycles. The first-order valence-corrected chi connectivity index (χ1v) is 7.62. The SMILES string of the molecule is Cc1ccc(S(=O)(=O)Nc2cccc(F)c2C#N)c(C)c1. The Morgan fingerprint density at radius 3 is 2.52 bits per heavy atom. The standard InChI is InChI=1S/C15H13FN2O2S/c1-10-6-7-15(11(2)8-10)21(19,20)18-14-5-3-4-13(16)12(14)9-17/h3-8,18H,1-2H3. The van der Waals surface area contributed by atoms with Gasteiger partial charge < -0.3 is 0 Å². The molecule has 0 spiro atoms. The summed E-state index contributed by atoms with van der Waals surface area (Å²) in [6.07, 6.45) is 0. The van der Waals surface area contributed by atoms with E-state index >= 15 is 0 Å². The van der Waals surface area contributed by atoms with Crippen LogP contribution in [0.3, 0.4) is 0 Å². The maximum absolute atomic E-state index is 13.5. The van der Waals surface area contributed by atoms with Crippen molar-refractivity contribution in [2.45, 2.75) is 18.7 Å². The van der Waals surface area contributed by atoms with E-state index < -0.39 is 15.8 Å². The second-order valence-corrected chi connectivity index (χ2v) is 6.30. The lowest BCUT2D eigenvalue weighted by atomic mass is 10.2. The van der Waals surface area contributed by atoms with Gasteiger partial charge in [-0.15, -0.1) is 0 Å². The first kappa shape index (κ1) is 15.0.